The molecule has 22 nitrogen and oxygen atoms in total. The fourth-order valence-electron chi connectivity index (χ4n) is 13.8. The molecule has 111 heavy (non-hydrogen) atoms. The van der Waals surface area contributed by atoms with Crippen molar-refractivity contribution in [1.82, 2.24) is 51.4 Å². The van der Waals surface area contributed by atoms with Crippen molar-refractivity contribution >= 4 is 73.1 Å². The first kappa shape index (κ1) is 80.8. The van der Waals surface area contributed by atoms with Crippen LogP contribution in [0, 0.1) is 13.8 Å². The molecule has 2 fully saturated rings. The zero-order valence-corrected chi connectivity index (χ0v) is 64.3. The Kier molecular flexibility index (Phi) is 28.3. The molecule has 0 unspecified atom stereocenters. The van der Waals surface area contributed by atoms with Gasteiger partial charge >= 0.3 is 0 Å². The molecule has 0 spiro atoms. The number of methoxy groups -OCH3 is 1. The van der Waals surface area contributed by atoms with Crippen LogP contribution in [-0.4, -0.2) is 152 Å². The Labute approximate surface area is 649 Å². The molecule has 1 aliphatic heterocycles. The number of aromatic nitrogens is 4. The lowest BCUT2D eigenvalue weighted by Gasteiger charge is -2.23. The van der Waals surface area contributed by atoms with E-state index >= 15 is 0 Å². The van der Waals surface area contributed by atoms with Crippen LogP contribution in [0.1, 0.15) is 133 Å². The summed E-state index contributed by atoms with van der Waals surface area (Å²) in [5.41, 5.74) is 53.4. The summed E-state index contributed by atoms with van der Waals surface area (Å²) in [7, 11) is 5.06. The molecule has 1 saturated heterocycles. The molecule has 21 N–H and O–H groups in total. The van der Waals surface area contributed by atoms with Crippen LogP contribution in [0.2, 0.25) is 0 Å². The summed E-state index contributed by atoms with van der Waals surface area (Å²) < 4.78 is 5.57. The molecule has 5 atom stereocenters. The van der Waals surface area contributed by atoms with E-state index in [0.29, 0.717) is 75.0 Å². The van der Waals surface area contributed by atoms with Crippen molar-refractivity contribution in [1.29, 1.82) is 0 Å². The van der Waals surface area contributed by atoms with Gasteiger partial charge < -0.3 is 90.6 Å². The molecule has 5 amide bonds. The number of benzene rings is 8. The lowest BCUT2D eigenvalue weighted by molar-refractivity contribution is -0.122. The summed E-state index contributed by atoms with van der Waals surface area (Å²) in [6, 6.07) is 65.6. The highest BCUT2D eigenvalue weighted by Crippen LogP contribution is 2.41. The normalized spacial score (nSPS) is 14.6. The van der Waals surface area contributed by atoms with Crippen molar-refractivity contribution in [2.24, 2.45) is 34.4 Å². The first-order chi connectivity index (χ1) is 53.8. The lowest BCUT2D eigenvalue weighted by Crippen LogP contribution is -2.38. The van der Waals surface area contributed by atoms with Crippen LogP contribution in [0.25, 0.3) is 77.0 Å². The Bertz CT molecular complexity index is 5080. The van der Waals surface area contributed by atoms with Crippen LogP contribution in [0.5, 0.6) is 5.75 Å². The molecule has 0 radical (unpaired) electrons. The highest BCUT2D eigenvalue weighted by molar-refractivity contribution is 6.03. The van der Waals surface area contributed by atoms with Gasteiger partial charge in [0.05, 0.1) is 18.7 Å². The fraction of sp³-hybridized carbons (Fsp3) is 0.315. The van der Waals surface area contributed by atoms with Gasteiger partial charge in [0, 0.05) is 103 Å². The fourth-order valence-corrected chi connectivity index (χ4v) is 13.8. The van der Waals surface area contributed by atoms with Crippen LogP contribution < -0.4 is 65.7 Å². The molecule has 2 aliphatic rings. The number of hydrogen-bond donors (Lipinski definition) is 15. The summed E-state index contributed by atoms with van der Waals surface area (Å²) in [6.45, 7) is 7.91. The summed E-state index contributed by atoms with van der Waals surface area (Å²) in [6.07, 6.45) is 9.11. The Balaban J connectivity index is 0.000000147. The van der Waals surface area contributed by atoms with Gasteiger partial charge in [-0.25, -0.2) is 0 Å². The lowest BCUT2D eigenvalue weighted by atomic mass is 10.0. The van der Waals surface area contributed by atoms with Gasteiger partial charge in [-0.15, -0.1) is 0 Å². The summed E-state index contributed by atoms with van der Waals surface area (Å²) >= 11 is 0. The van der Waals surface area contributed by atoms with Gasteiger partial charge in [-0.05, 0) is 208 Å². The molecular weight excluding hydrogens is 1390 g/mol. The van der Waals surface area contributed by atoms with E-state index in [1.54, 1.807) is 26.1 Å². The van der Waals surface area contributed by atoms with E-state index in [9.17, 15) is 24.0 Å². The van der Waals surface area contributed by atoms with E-state index in [2.05, 4.69) is 188 Å². The average Bonchev–Trinajstić information content (AvgIpc) is 1.68. The molecule has 5 heterocycles. The van der Waals surface area contributed by atoms with Gasteiger partial charge in [0.1, 0.15) is 28.5 Å². The van der Waals surface area contributed by atoms with Crippen molar-refractivity contribution in [2.75, 3.05) is 67.0 Å². The summed E-state index contributed by atoms with van der Waals surface area (Å²) in [5.74, 6) is 0.944. The number of amides is 5. The molecule has 14 rings (SSSR count). The quantitative estimate of drug-likeness (QED) is 0.0217. The third-order valence-electron chi connectivity index (χ3n) is 20.6. The van der Waals surface area contributed by atoms with Gasteiger partial charge in [-0.3, -0.25) is 24.0 Å². The first-order valence-corrected chi connectivity index (χ1v) is 38.6. The predicted molar refractivity (Wildman–Crippen MR) is 449 cm³/mol. The van der Waals surface area contributed by atoms with Crippen LogP contribution >= 0.6 is 0 Å². The standard InChI is InChI=1S/C23H26N4O2.C23H28N4O.C22H28N4O2.C21H26N4O/c1-14-4-6-15(7-5-14)16-8-9-17-11-21(26-19(17)10-16)23(29)27(3)18-12-20(25-13-18)22(28)24-2;24-11-1-2-20(25)14-26-23(28)22-13-19-10-9-18(12-21(19)27-22)17-7-5-16(6-8-17)15-3-4-15;1-14-5-7-15(8-6-14)16-10-19-18(21(11-16)28-2)12-20(26-19)22(27)25-13-17(24)4-3-9-23;22-10-4-7-18(23)14-24-21(26)20-13-17-9-8-16(12-19(17)25-20)11-15-5-2-1-3-6-15/h4-11,18,20,25-26H,12-13H2,1-3H3,(H,24,28);5-10,12-13,15,20,27H,1-4,11,14,24-25H2,(H,26,28);5-8,10-12,17,26H,3-4,9,13,23-24H2,1-2H3,(H,25,27);1-3,5-6,8-9,12-13,18,25H,4,7,10-11,14,22-23H2,(H,24,26)/t18-,20-;20-;17-;18-/m0111/s1. The minimum Gasteiger partial charge on any atom is -0.496 e. The highest BCUT2D eigenvalue weighted by atomic mass is 16.5. The van der Waals surface area contributed by atoms with E-state index in [4.69, 9.17) is 39.1 Å². The second kappa shape index (κ2) is 38.9. The molecule has 1 saturated carbocycles. The number of hydrogen-bond acceptors (Lipinski definition) is 13. The van der Waals surface area contributed by atoms with E-state index < -0.39 is 0 Å². The van der Waals surface area contributed by atoms with Crippen LogP contribution in [0.3, 0.4) is 0 Å². The van der Waals surface area contributed by atoms with Crippen molar-refractivity contribution in [3.8, 4) is 39.1 Å². The number of rotatable bonds is 28. The Morgan fingerprint density at radius 2 is 0.919 bits per heavy atom. The third-order valence-corrected chi connectivity index (χ3v) is 20.6. The maximum atomic E-state index is 13.0. The van der Waals surface area contributed by atoms with Crippen molar-refractivity contribution in [3.05, 3.63) is 245 Å². The largest absolute Gasteiger partial charge is 0.496 e. The third kappa shape index (κ3) is 22.1. The van der Waals surface area contributed by atoms with Crippen molar-refractivity contribution in [2.45, 2.75) is 114 Å². The van der Waals surface area contributed by atoms with Crippen molar-refractivity contribution < 1.29 is 28.7 Å². The number of carbonyl (C=O) groups excluding carboxylic acids is 5. The van der Waals surface area contributed by atoms with Crippen LogP contribution in [-0.2, 0) is 11.2 Å². The second-order valence-corrected chi connectivity index (χ2v) is 29.3. The van der Waals surface area contributed by atoms with Gasteiger partial charge in [0.15, 0.2) is 0 Å². The molecule has 22 heteroatoms. The van der Waals surface area contributed by atoms with E-state index in [0.717, 1.165) is 128 Å². The maximum absolute atomic E-state index is 13.0. The molecule has 1 aliphatic carbocycles. The van der Waals surface area contributed by atoms with Gasteiger partial charge in [0.2, 0.25) is 5.91 Å². The number of aryl methyl sites for hydroxylation is 2. The maximum Gasteiger partial charge on any atom is 0.270 e. The van der Waals surface area contributed by atoms with Crippen LogP contribution in [0.15, 0.2) is 194 Å². The molecule has 12 aromatic rings. The smallest absolute Gasteiger partial charge is 0.270 e. The minimum absolute atomic E-state index is 0.0145. The topological polar surface area (TPSA) is 377 Å². The molecule has 4 aromatic heterocycles. The molecular formula is C89H108N16O6. The highest BCUT2D eigenvalue weighted by Gasteiger charge is 2.34. The number of nitrogens with one attached hydrogen (secondary N) is 9. The molecule has 0 bridgehead atoms. The van der Waals surface area contributed by atoms with Crippen LogP contribution in [0.4, 0.5) is 0 Å². The number of aromatic amines is 4. The predicted octanol–water partition coefficient (Wildman–Crippen LogP) is 11.7. The van der Waals surface area contributed by atoms with E-state index in [-0.39, 0.29) is 59.7 Å². The van der Waals surface area contributed by atoms with Crippen molar-refractivity contribution in [3.63, 3.8) is 0 Å². The second-order valence-electron chi connectivity index (χ2n) is 29.3. The Hall–Kier alpha value is -11.2. The van der Waals surface area contributed by atoms with Gasteiger partial charge in [-0.2, -0.15) is 0 Å². The Morgan fingerprint density at radius 3 is 1.41 bits per heavy atom. The summed E-state index contributed by atoms with van der Waals surface area (Å²) in [4.78, 5) is 76.8. The number of nitrogens with zero attached hydrogens (tertiary/aromatic N) is 1. The van der Waals surface area contributed by atoms with E-state index in [1.807, 2.05) is 66.7 Å². The van der Waals surface area contributed by atoms with Gasteiger partial charge in [0.25, 0.3) is 23.6 Å². The summed E-state index contributed by atoms with van der Waals surface area (Å²) in [5, 5.41) is 18.4. The first-order valence-electron chi connectivity index (χ1n) is 38.6. The molecule has 580 valence electrons. The van der Waals surface area contributed by atoms with Gasteiger partial charge in [-0.1, -0.05) is 151 Å². The zero-order valence-electron chi connectivity index (χ0n) is 64.3. The minimum atomic E-state index is -0.250. The SMILES string of the molecule is CNC(=O)[C@@H]1C[C@H](N(C)C(=O)c2cc3ccc(-c4ccc(C)cc4)cc3[nH]2)CN1.COc1cc(-c2ccc(C)cc2)cc2[nH]c(C(=O)NC[C@H](N)CCCN)cc12.NCCC[C@@H](N)CNC(=O)c1cc2ccc(-c3ccc(C4CC4)cc3)cc2[nH]1.NCCC[C@@H](N)CNC(=O)c1cc2ccc(Cc3ccccc3)cc2[nH]1. The monoisotopic (exact) mass is 1500 g/mol. The number of ether oxygens (including phenoxy) is 1. The Morgan fingerprint density at radius 1 is 0.486 bits per heavy atom. The van der Waals surface area contributed by atoms with E-state index in [1.165, 1.54) is 46.2 Å². The number of H-pyrrole nitrogens is 4. The zero-order chi connectivity index (χ0) is 78.5. The number of carbonyl (C=O) groups is 5. The number of fused-ring (bicyclic) bond motifs is 4. The average molecular weight is 1500 g/mol. The number of nitrogens with two attached hydrogens (primary N) is 6. The number of likely N-dealkylation sites (N-methyl/N-ethyl adjacent to an activating group) is 2. The molecule has 8 aromatic carbocycles.